The van der Waals surface area contributed by atoms with Gasteiger partial charge in [0.15, 0.2) is 0 Å². The summed E-state index contributed by atoms with van der Waals surface area (Å²) in [6.07, 6.45) is 6.97. The lowest BCUT2D eigenvalue weighted by Crippen LogP contribution is -2.29. The maximum atomic E-state index is 14.6. The van der Waals surface area contributed by atoms with Crippen LogP contribution in [0.3, 0.4) is 0 Å². The van der Waals surface area contributed by atoms with Crippen LogP contribution in [0.2, 0.25) is 0 Å². The third-order valence-electron chi connectivity index (χ3n) is 5.50. The molecule has 9 nitrogen and oxygen atoms in total. The molecule has 6 rings (SSSR count). The molecular formula is C25H18FN8O-. The molecule has 172 valence electrons. The van der Waals surface area contributed by atoms with Crippen molar-refractivity contribution >= 4 is 17.1 Å². The molecule has 3 aromatic heterocycles. The number of hydrazine groups is 1. The molecule has 5 aromatic rings. The number of benzene rings is 2. The lowest BCUT2D eigenvalue weighted by Gasteiger charge is -2.26. The van der Waals surface area contributed by atoms with E-state index in [0.29, 0.717) is 29.5 Å². The molecule has 0 spiro atoms. The molecule has 0 atom stereocenters. The van der Waals surface area contributed by atoms with E-state index in [0.717, 1.165) is 16.7 Å². The van der Waals surface area contributed by atoms with Crippen molar-refractivity contribution in [2.45, 2.75) is 6.54 Å². The number of hydrogen-bond donors (Lipinski definition) is 1. The van der Waals surface area contributed by atoms with Crippen LogP contribution in [0.4, 0.5) is 10.1 Å². The summed E-state index contributed by atoms with van der Waals surface area (Å²) in [4.78, 5) is 8.65. The molecular weight excluding hydrogens is 447 g/mol. The van der Waals surface area contributed by atoms with E-state index in [1.165, 1.54) is 6.07 Å². The molecule has 0 bridgehead atoms. The van der Waals surface area contributed by atoms with Crippen molar-refractivity contribution < 1.29 is 8.91 Å². The molecule has 4 heterocycles. The predicted molar refractivity (Wildman–Crippen MR) is 127 cm³/mol. The van der Waals surface area contributed by atoms with Gasteiger partial charge < -0.3 is 15.5 Å². The first-order chi connectivity index (χ1) is 17.3. The topological polar surface area (TPSA) is 99.0 Å². The fraction of sp³-hybridized carbons (Fsp3) is 0.0400. The number of pyridine rings is 1. The largest absolute Gasteiger partial charge is 0.597 e. The van der Waals surface area contributed by atoms with Crippen LogP contribution in [0.15, 0.2) is 96.0 Å². The molecule has 0 aliphatic carbocycles. The van der Waals surface area contributed by atoms with E-state index < -0.39 is 5.82 Å². The highest BCUT2D eigenvalue weighted by atomic mass is 19.1. The highest BCUT2D eigenvalue weighted by Crippen LogP contribution is 2.39. The molecule has 0 unspecified atom stereocenters. The van der Waals surface area contributed by atoms with E-state index in [2.05, 4.69) is 31.2 Å². The van der Waals surface area contributed by atoms with Crippen molar-refractivity contribution in [3.8, 4) is 11.4 Å². The molecule has 35 heavy (non-hydrogen) atoms. The van der Waals surface area contributed by atoms with Gasteiger partial charge in [-0.25, -0.2) is 4.39 Å². The van der Waals surface area contributed by atoms with Crippen LogP contribution in [-0.2, 0) is 6.54 Å². The molecule has 1 aliphatic rings. The number of hydrogen-bond acceptors (Lipinski definition) is 7. The Morgan fingerprint density at radius 2 is 1.74 bits per heavy atom. The van der Waals surface area contributed by atoms with Crippen molar-refractivity contribution in [3.63, 3.8) is 0 Å². The number of aromatic nitrogens is 5. The molecule has 10 heteroatoms. The fourth-order valence-electron chi connectivity index (χ4n) is 3.82. The Hall–Kier alpha value is -4.83. The molecule has 0 radical (unpaired) electrons. The Bertz CT molecular complexity index is 1480. The summed E-state index contributed by atoms with van der Waals surface area (Å²) in [5.74, 6) is 0.231. The van der Waals surface area contributed by atoms with E-state index in [9.17, 15) is 4.39 Å². The molecule has 1 aliphatic heterocycles. The second kappa shape index (κ2) is 8.84. The lowest BCUT2D eigenvalue weighted by molar-refractivity contribution is 0.409. The summed E-state index contributed by atoms with van der Waals surface area (Å²) in [5, 5.41) is 9.93. The van der Waals surface area contributed by atoms with E-state index in [4.69, 9.17) is 4.52 Å². The summed E-state index contributed by atoms with van der Waals surface area (Å²) < 4.78 is 22.1. The number of nitrogens with zero attached hydrogens (tertiary/aromatic N) is 7. The van der Waals surface area contributed by atoms with Gasteiger partial charge in [0, 0.05) is 35.9 Å². The van der Waals surface area contributed by atoms with Crippen LogP contribution < -0.4 is 10.5 Å². The van der Waals surface area contributed by atoms with Gasteiger partial charge in [0.1, 0.15) is 5.82 Å². The molecule has 2 aromatic carbocycles. The van der Waals surface area contributed by atoms with Crippen molar-refractivity contribution in [3.05, 3.63) is 120 Å². The smallest absolute Gasteiger partial charge is 0.239 e. The molecule has 0 amide bonds. The number of nitrogens with one attached hydrogen (secondary N) is 1. The molecule has 1 N–H and O–H groups in total. The normalized spacial score (nSPS) is 13.3. The van der Waals surface area contributed by atoms with Gasteiger partial charge in [-0.15, -0.1) is 0 Å². The first-order valence-corrected chi connectivity index (χ1v) is 10.8. The Morgan fingerprint density at radius 3 is 2.51 bits per heavy atom. The van der Waals surface area contributed by atoms with E-state index >= 15 is 0 Å². The third kappa shape index (κ3) is 4.02. The quantitative estimate of drug-likeness (QED) is 0.390. The summed E-state index contributed by atoms with van der Waals surface area (Å²) in [5.41, 5.74) is 11.2. The predicted octanol–water partition coefficient (Wildman–Crippen LogP) is 4.65. The van der Waals surface area contributed by atoms with Crippen LogP contribution in [0.1, 0.15) is 17.0 Å². The zero-order valence-corrected chi connectivity index (χ0v) is 18.3. The molecule has 0 saturated heterocycles. The zero-order valence-electron chi connectivity index (χ0n) is 18.3. The number of halogens is 1. The fourth-order valence-corrected chi connectivity index (χ4v) is 3.82. The molecule has 0 fully saturated rings. The van der Waals surface area contributed by atoms with Crippen molar-refractivity contribution in [1.29, 1.82) is 0 Å². The minimum Gasteiger partial charge on any atom is -0.597 e. The average molecular weight is 465 g/mol. The molecule has 0 saturated carbocycles. The SMILES string of the molecule is Fc1ccccc1N1N[N-]C(c2nc(-c3ccc(Cn4cccn4)cc3)no2)=C1c1ccncc1. The Kier molecular flexibility index (Phi) is 5.24. The Labute approximate surface area is 199 Å². The van der Waals surface area contributed by atoms with Gasteiger partial charge in [-0.2, -0.15) is 10.1 Å². The van der Waals surface area contributed by atoms with Gasteiger partial charge in [0.05, 0.1) is 17.9 Å². The highest BCUT2D eigenvalue weighted by molar-refractivity contribution is 6.01. The standard InChI is InChI=1S/C25H18FN8O/c26-20-4-1-2-5-21(20)34-23(18-10-13-27-14-11-18)22(30-32-34)25-29-24(31-35-25)19-8-6-17(7-9-19)16-33-15-3-12-28-33/h1-15,32H,16H2/q-1. The number of anilines is 1. The summed E-state index contributed by atoms with van der Waals surface area (Å²) in [6, 6.07) is 19.8. The maximum absolute atomic E-state index is 14.6. The minimum absolute atomic E-state index is 0.207. The third-order valence-corrected chi connectivity index (χ3v) is 5.50. The minimum atomic E-state index is -0.399. The van der Waals surface area contributed by atoms with E-state index in [1.807, 2.05) is 41.2 Å². The van der Waals surface area contributed by atoms with Gasteiger partial charge in [0.2, 0.25) is 11.7 Å². The van der Waals surface area contributed by atoms with Crippen LogP contribution in [0.25, 0.3) is 28.2 Å². The van der Waals surface area contributed by atoms with Crippen LogP contribution >= 0.6 is 0 Å². The lowest BCUT2D eigenvalue weighted by atomic mass is 10.1. The van der Waals surface area contributed by atoms with Crippen LogP contribution in [0, 0.1) is 5.82 Å². The van der Waals surface area contributed by atoms with Gasteiger partial charge in [-0.1, -0.05) is 41.6 Å². The van der Waals surface area contributed by atoms with E-state index in [-0.39, 0.29) is 5.89 Å². The monoisotopic (exact) mass is 465 g/mol. The van der Waals surface area contributed by atoms with Gasteiger partial charge in [0.25, 0.3) is 0 Å². The van der Waals surface area contributed by atoms with Crippen LogP contribution in [0.5, 0.6) is 0 Å². The summed E-state index contributed by atoms with van der Waals surface area (Å²) in [6.45, 7) is 0.670. The van der Waals surface area contributed by atoms with Gasteiger partial charge in [-0.3, -0.25) is 14.7 Å². The average Bonchev–Trinajstić information content (AvgIpc) is 3.66. The second-order valence-electron chi connectivity index (χ2n) is 7.76. The second-order valence-corrected chi connectivity index (χ2v) is 7.76. The Balaban J connectivity index is 1.35. The van der Waals surface area contributed by atoms with Crippen LogP contribution in [-0.4, -0.2) is 24.9 Å². The number of rotatable bonds is 6. The van der Waals surface area contributed by atoms with Crippen molar-refractivity contribution in [2.24, 2.45) is 0 Å². The summed E-state index contributed by atoms with van der Waals surface area (Å²) >= 11 is 0. The Morgan fingerprint density at radius 1 is 0.914 bits per heavy atom. The summed E-state index contributed by atoms with van der Waals surface area (Å²) in [7, 11) is 0. The highest BCUT2D eigenvalue weighted by Gasteiger charge is 2.24. The first-order valence-electron chi connectivity index (χ1n) is 10.8. The van der Waals surface area contributed by atoms with Gasteiger partial charge in [-0.05, 0) is 41.6 Å². The first kappa shape index (κ1) is 20.8. The maximum Gasteiger partial charge on any atom is 0.239 e. The zero-order chi connectivity index (χ0) is 23.6. The van der Waals surface area contributed by atoms with Crippen molar-refractivity contribution in [2.75, 3.05) is 5.01 Å². The van der Waals surface area contributed by atoms with E-state index in [1.54, 1.807) is 53.9 Å². The van der Waals surface area contributed by atoms with Crippen molar-refractivity contribution in [1.82, 2.24) is 30.4 Å². The number of para-hydroxylation sites is 1. The van der Waals surface area contributed by atoms with Gasteiger partial charge >= 0.3 is 0 Å².